The fourth-order valence-corrected chi connectivity index (χ4v) is 3.94. The molecule has 2 heterocycles. The van der Waals surface area contributed by atoms with E-state index in [1.54, 1.807) is 19.2 Å². The van der Waals surface area contributed by atoms with Gasteiger partial charge in [0, 0.05) is 11.1 Å². The largest absolute Gasteiger partial charge is 0.507 e. The Morgan fingerprint density at radius 2 is 1.68 bits per heavy atom. The molecule has 3 aromatic rings. The van der Waals surface area contributed by atoms with E-state index in [9.17, 15) is 9.90 Å². The van der Waals surface area contributed by atoms with Crippen molar-refractivity contribution < 1.29 is 5.11 Å². The Labute approximate surface area is 169 Å². The van der Waals surface area contributed by atoms with E-state index in [1.807, 2.05) is 17.5 Å². The second kappa shape index (κ2) is 6.85. The number of phenols is 1. The van der Waals surface area contributed by atoms with Crippen LogP contribution in [0.5, 0.6) is 5.75 Å². The van der Waals surface area contributed by atoms with Gasteiger partial charge in [0.15, 0.2) is 0 Å². The third kappa shape index (κ3) is 3.74. The molecule has 2 aromatic heterocycles. The average Bonchev–Trinajstić information content (AvgIpc) is 3.02. The van der Waals surface area contributed by atoms with Crippen LogP contribution in [0, 0.1) is 6.92 Å². The van der Waals surface area contributed by atoms with Crippen LogP contribution in [0.15, 0.2) is 33.5 Å². The predicted molar refractivity (Wildman–Crippen MR) is 117 cm³/mol. The van der Waals surface area contributed by atoms with Gasteiger partial charge in [-0.15, -0.1) is 11.3 Å². The summed E-state index contributed by atoms with van der Waals surface area (Å²) < 4.78 is 1.33. The van der Waals surface area contributed by atoms with Gasteiger partial charge in [-0.25, -0.2) is 4.98 Å². The maximum absolute atomic E-state index is 12.7. The summed E-state index contributed by atoms with van der Waals surface area (Å²) in [4.78, 5) is 17.9. The first kappa shape index (κ1) is 20.3. The van der Waals surface area contributed by atoms with E-state index in [0.29, 0.717) is 17.0 Å². The fourth-order valence-electron chi connectivity index (χ4n) is 3.14. The molecule has 0 amide bonds. The molecule has 0 aliphatic rings. The van der Waals surface area contributed by atoms with Crippen molar-refractivity contribution in [3.05, 3.63) is 56.4 Å². The lowest BCUT2D eigenvalue weighted by atomic mass is 9.78. The monoisotopic (exact) mass is 397 g/mol. The summed E-state index contributed by atoms with van der Waals surface area (Å²) in [5.41, 5.74) is 1.93. The minimum absolute atomic E-state index is 0.175. The Bertz CT molecular complexity index is 1090. The van der Waals surface area contributed by atoms with Crippen LogP contribution in [-0.2, 0) is 10.8 Å². The molecule has 6 heteroatoms. The highest BCUT2D eigenvalue weighted by Gasteiger charge is 2.26. The second-order valence-electron chi connectivity index (χ2n) is 9.12. The highest BCUT2D eigenvalue weighted by Crippen LogP contribution is 2.39. The molecule has 0 bridgehead atoms. The van der Waals surface area contributed by atoms with Crippen LogP contribution in [0.25, 0.3) is 10.2 Å². The Morgan fingerprint density at radius 1 is 1.11 bits per heavy atom. The number of aromatic nitrogens is 2. The topological polar surface area (TPSA) is 67.5 Å². The van der Waals surface area contributed by atoms with Gasteiger partial charge in [-0.05, 0) is 46.9 Å². The van der Waals surface area contributed by atoms with E-state index in [1.165, 1.54) is 16.0 Å². The number of phenolic OH excluding ortho intramolecular Hbond substituents is 1. The first-order valence-corrected chi connectivity index (χ1v) is 10.2. The second-order valence-corrected chi connectivity index (χ2v) is 10.0. The third-order valence-corrected chi connectivity index (χ3v) is 5.51. The number of hydrogen-bond acceptors (Lipinski definition) is 5. The summed E-state index contributed by atoms with van der Waals surface area (Å²) in [5.74, 6) is 0.869. The standard InChI is InChI=1S/C22H27N3O2S/c1-13-24-19-15(8-9-28-19)20(27)25(13)23-12-14-10-16(21(2,3)4)18(26)17(11-14)22(5,6)7/h8-12,26H,1-7H3/b23-12+. The van der Waals surface area contributed by atoms with E-state index in [0.717, 1.165) is 21.5 Å². The number of nitrogens with zero attached hydrogens (tertiary/aromatic N) is 3. The minimum atomic E-state index is -0.224. The van der Waals surface area contributed by atoms with Gasteiger partial charge in [-0.1, -0.05) is 41.5 Å². The number of rotatable bonds is 2. The zero-order chi connectivity index (χ0) is 20.9. The minimum Gasteiger partial charge on any atom is -0.507 e. The van der Waals surface area contributed by atoms with Gasteiger partial charge < -0.3 is 5.11 Å². The molecule has 5 nitrogen and oxygen atoms in total. The Hall–Kier alpha value is -2.47. The zero-order valence-electron chi connectivity index (χ0n) is 17.5. The van der Waals surface area contributed by atoms with Crippen LogP contribution in [0.4, 0.5) is 0 Å². The van der Waals surface area contributed by atoms with Gasteiger partial charge in [0.2, 0.25) is 0 Å². The Balaban J connectivity index is 2.16. The number of hydrogen-bond donors (Lipinski definition) is 1. The fraction of sp³-hybridized carbons (Fsp3) is 0.409. The highest BCUT2D eigenvalue weighted by atomic mass is 32.1. The lowest BCUT2D eigenvalue weighted by molar-refractivity contribution is 0.423. The van der Waals surface area contributed by atoms with Gasteiger partial charge in [0.05, 0.1) is 11.6 Å². The van der Waals surface area contributed by atoms with Gasteiger partial charge in [0.25, 0.3) is 5.56 Å². The number of aryl methyl sites for hydroxylation is 1. The molecule has 28 heavy (non-hydrogen) atoms. The third-order valence-electron chi connectivity index (χ3n) is 4.71. The molecule has 0 fully saturated rings. The van der Waals surface area contributed by atoms with E-state index in [-0.39, 0.29) is 16.4 Å². The first-order valence-electron chi connectivity index (χ1n) is 9.29. The smallest absolute Gasteiger partial charge is 0.282 e. The summed E-state index contributed by atoms with van der Waals surface area (Å²) in [6.07, 6.45) is 1.66. The summed E-state index contributed by atoms with van der Waals surface area (Å²) in [6.45, 7) is 14.2. The average molecular weight is 398 g/mol. The quantitative estimate of drug-likeness (QED) is 0.622. The van der Waals surface area contributed by atoms with Crippen LogP contribution in [-0.4, -0.2) is 21.0 Å². The van der Waals surface area contributed by atoms with Crippen molar-refractivity contribution in [1.29, 1.82) is 0 Å². The summed E-state index contributed by atoms with van der Waals surface area (Å²) >= 11 is 1.45. The molecular weight excluding hydrogens is 370 g/mol. The molecule has 1 N–H and O–H groups in total. The molecule has 0 spiro atoms. The zero-order valence-corrected chi connectivity index (χ0v) is 18.3. The first-order chi connectivity index (χ1) is 12.9. The maximum atomic E-state index is 12.7. The van der Waals surface area contributed by atoms with Crippen molar-refractivity contribution in [3.63, 3.8) is 0 Å². The van der Waals surface area contributed by atoms with Crippen molar-refractivity contribution in [2.75, 3.05) is 0 Å². The normalized spacial score (nSPS) is 13.0. The van der Waals surface area contributed by atoms with E-state index >= 15 is 0 Å². The molecule has 0 atom stereocenters. The van der Waals surface area contributed by atoms with Gasteiger partial charge in [-0.3, -0.25) is 4.79 Å². The Kier molecular flexibility index (Phi) is 4.96. The van der Waals surface area contributed by atoms with Crippen LogP contribution in [0.2, 0.25) is 0 Å². The summed E-state index contributed by atoms with van der Waals surface area (Å²) in [5, 5.41) is 17.7. The van der Waals surface area contributed by atoms with Crippen molar-refractivity contribution in [2.24, 2.45) is 5.10 Å². The number of benzene rings is 1. The SMILES string of the molecule is Cc1nc2sccc2c(=O)n1/N=C/c1cc(C(C)(C)C)c(O)c(C(C)(C)C)c1. The number of aromatic hydroxyl groups is 1. The predicted octanol–water partition coefficient (Wildman–Crippen LogP) is 4.95. The maximum Gasteiger partial charge on any atom is 0.282 e. The van der Waals surface area contributed by atoms with E-state index in [2.05, 4.69) is 51.6 Å². The van der Waals surface area contributed by atoms with Crippen molar-refractivity contribution >= 4 is 27.8 Å². The van der Waals surface area contributed by atoms with Gasteiger partial charge in [-0.2, -0.15) is 9.78 Å². The lowest BCUT2D eigenvalue weighted by Crippen LogP contribution is -2.20. The number of fused-ring (bicyclic) bond motifs is 1. The summed E-state index contributed by atoms with van der Waals surface area (Å²) in [7, 11) is 0. The lowest BCUT2D eigenvalue weighted by Gasteiger charge is -2.27. The molecule has 3 rings (SSSR count). The van der Waals surface area contributed by atoms with Crippen molar-refractivity contribution in [1.82, 2.24) is 9.66 Å². The highest BCUT2D eigenvalue weighted by molar-refractivity contribution is 7.16. The van der Waals surface area contributed by atoms with Gasteiger partial charge >= 0.3 is 0 Å². The molecular formula is C22H27N3O2S. The Morgan fingerprint density at radius 3 is 2.21 bits per heavy atom. The molecule has 0 saturated carbocycles. The van der Waals surface area contributed by atoms with Crippen molar-refractivity contribution in [2.45, 2.75) is 59.3 Å². The van der Waals surface area contributed by atoms with Crippen LogP contribution in [0.3, 0.4) is 0 Å². The molecule has 1 aromatic carbocycles. The van der Waals surface area contributed by atoms with Crippen molar-refractivity contribution in [3.8, 4) is 5.75 Å². The molecule has 0 aliphatic heterocycles. The summed E-state index contributed by atoms with van der Waals surface area (Å²) in [6, 6.07) is 5.65. The molecule has 0 radical (unpaired) electrons. The van der Waals surface area contributed by atoms with Crippen LogP contribution < -0.4 is 5.56 Å². The van der Waals surface area contributed by atoms with E-state index in [4.69, 9.17) is 0 Å². The molecule has 148 valence electrons. The van der Waals surface area contributed by atoms with Crippen LogP contribution >= 0.6 is 11.3 Å². The molecule has 0 aliphatic carbocycles. The van der Waals surface area contributed by atoms with E-state index < -0.39 is 0 Å². The van der Waals surface area contributed by atoms with Gasteiger partial charge in [0.1, 0.15) is 16.4 Å². The number of thiophene rings is 1. The molecule has 0 saturated heterocycles. The molecule has 0 unspecified atom stereocenters. The van der Waals surface area contributed by atoms with Crippen LogP contribution in [0.1, 0.15) is 64.1 Å².